The van der Waals surface area contributed by atoms with Crippen molar-refractivity contribution in [2.75, 3.05) is 0 Å². The lowest BCUT2D eigenvalue weighted by molar-refractivity contribution is 0.0976. The number of nitrogens with zero attached hydrogens (tertiary/aromatic N) is 1. The Bertz CT molecular complexity index is 473. The van der Waals surface area contributed by atoms with E-state index in [2.05, 4.69) is 4.84 Å². The van der Waals surface area contributed by atoms with Gasteiger partial charge < -0.3 is 4.84 Å². The number of carbonyl (C=O) groups excluding carboxylic acids is 1. The third-order valence-corrected chi connectivity index (χ3v) is 2.79. The number of amides is 1. The van der Waals surface area contributed by atoms with Crippen LogP contribution in [0.4, 0.5) is 4.79 Å². The molecule has 0 heterocycles. The summed E-state index contributed by atoms with van der Waals surface area (Å²) in [5.74, 6) is 4.99. The van der Waals surface area contributed by atoms with Crippen LogP contribution in [0.15, 0.2) is 60.7 Å². The summed E-state index contributed by atoms with van der Waals surface area (Å²) in [6.45, 7) is 0.928. The highest BCUT2D eigenvalue weighted by molar-refractivity contribution is 5.67. The van der Waals surface area contributed by atoms with Crippen molar-refractivity contribution >= 4 is 6.09 Å². The SMILES string of the molecule is NOC(=O)N(Cc1ccccc1)Cc1ccccc1. The molecule has 0 aliphatic heterocycles. The molecule has 19 heavy (non-hydrogen) atoms. The van der Waals surface area contributed by atoms with Crippen molar-refractivity contribution in [3.05, 3.63) is 71.8 Å². The molecule has 0 saturated carbocycles. The molecule has 2 rings (SSSR count). The number of benzene rings is 2. The number of carbonyl (C=O) groups is 1. The summed E-state index contributed by atoms with van der Waals surface area (Å²) in [5.41, 5.74) is 2.06. The van der Waals surface area contributed by atoms with Gasteiger partial charge in [0, 0.05) is 13.1 Å². The fourth-order valence-corrected chi connectivity index (χ4v) is 1.87. The molecule has 0 saturated heterocycles. The second kappa shape index (κ2) is 6.56. The lowest BCUT2D eigenvalue weighted by Crippen LogP contribution is -2.32. The van der Waals surface area contributed by atoms with E-state index in [9.17, 15) is 4.79 Å². The maximum absolute atomic E-state index is 11.7. The van der Waals surface area contributed by atoms with E-state index in [1.165, 1.54) is 0 Å². The maximum Gasteiger partial charge on any atom is 0.429 e. The van der Waals surface area contributed by atoms with Crippen LogP contribution < -0.4 is 5.90 Å². The lowest BCUT2D eigenvalue weighted by Gasteiger charge is -2.20. The average molecular weight is 256 g/mol. The van der Waals surface area contributed by atoms with Crippen molar-refractivity contribution in [2.24, 2.45) is 5.90 Å². The predicted molar refractivity (Wildman–Crippen MR) is 72.8 cm³/mol. The normalized spacial score (nSPS) is 9.95. The summed E-state index contributed by atoms with van der Waals surface area (Å²) >= 11 is 0. The first kappa shape index (κ1) is 13.1. The molecular formula is C15H16N2O2. The number of rotatable bonds is 4. The van der Waals surface area contributed by atoms with E-state index in [4.69, 9.17) is 5.90 Å². The van der Waals surface area contributed by atoms with E-state index in [0.717, 1.165) is 11.1 Å². The van der Waals surface area contributed by atoms with E-state index >= 15 is 0 Å². The van der Waals surface area contributed by atoms with Gasteiger partial charge in [-0.1, -0.05) is 60.7 Å². The van der Waals surface area contributed by atoms with E-state index in [1.54, 1.807) is 4.90 Å². The minimum absolute atomic E-state index is 0.464. The second-order valence-corrected chi connectivity index (χ2v) is 4.21. The summed E-state index contributed by atoms with van der Waals surface area (Å²) in [6.07, 6.45) is -0.535. The van der Waals surface area contributed by atoms with E-state index < -0.39 is 6.09 Å². The van der Waals surface area contributed by atoms with Gasteiger partial charge in [0.1, 0.15) is 0 Å². The van der Waals surface area contributed by atoms with Crippen LogP contribution in [-0.4, -0.2) is 11.0 Å². The highest BCUT2D eigenvalue weighted by Crippen LogP contribution is 2.10. The second-order valence-electron chi connectivity index (χ2n) is 4.21. The van der Waals surface area contributed by atoms with Crippen molar-refractivity contribution < 1.29 is 9.63 Å². The van der Waals surface area contributed by atoms with Crippen molar-refractivity contribution in [1.29, 1.82) is 0 Å². The molecule has 0 radical (unpaired) electrons. The highest BCUT2D eigenvalue weighted by atomic mass is 16.7. The Morgan fingerprint density at radius 1 is 0.895 bits per heavy atom. The van der Waals surface area contributed by atoms with Crippen LogP contribution in [0.3, 0.4) is 0 Å². The Labute approximate surface area is 112 Å². The molecule has 98 valence electrons. The fourth-order valence-electron chi connectivity index (χ4n) is 1.87. The van der Waals surface area contributed by atoms with Crippen LogP contribution in [0.5, 0.6) is 0 Å². The molecule has 4 nitrogen and oxygen atoms in total. The molecule has 2 N–H and O–H groups in total. The van der Waals surface area contributed by atoms with E-state index in [0.29, 0.717) is 13.1 Å². The van der Waals surface area contributed by atoms with Crippen molar-refractivity contribution in [3.8, 4) is 0 Å². The van der Waals surface area contributed by atoms with Gasteiger partial charge in [0.25, 0.3) is 0 Å². The summed E-state index contributed by atoms with van der Waals surface area (Å²) in [4.78, 5) is 17.6. The molecule has 0 spiro atoms. The number of hydrogen-bond acceptors (Lipinski definition) is 3. The first-order valence-corrected chi connectivity index (χ1v) is 6.03. The van der Waals surface area contributed by atoms with Crippen molar-refractivity contribution in [3.63, 3.8) is 0 Å². The fraction of sp³-hybridized carbons (Fsp3) is 0.133. The van der Waals surface area contributed by atoms with Gasteiger partial charge in [-0.15, -0.1) is 0 Å². The first-order chi connectivity index (χ1) is 9.29. The predicted octanol–water partition coefficient (Wildman–Crippen LogP) is 2.70. The van der Waals surface area contributed by atoms with Gasteiger partial charge in [-0.25, -0.2) is 4.79 Å². The van der Waals surface area contributed by atoms with Crippen molar-refractivity contribution in [2.45, 2.75) is 13.1 Å². The molecule has 2 aromatic carbocycles. The van der Waals surface area contributed by atoms with Crippen LogP contribution in [0.1, 0.15) is 11.1 Å². The van der Waals surface area contributed by atoms with E-state index in [-0.39, 0.29) is 0 Å². The van der Waals surface area contributed by atoms with Gasteiger partial charge in [0.2, 0.25) is 0 Å². The highest BCUT2D eigenvalue weighted by Gasteiger charge is 2.15. The smallest absolute Gasteiger partial charge is 0.357 e. The zero-order valence-corrected chi connectivity index (χ0v) is 10.5. The van der Waals surface area contributed by atoms with E-state index in [1.807, 2.05) is 60.7 Å². The quantitative estimate of drug-likeness (QED) is 0.856. The van der Waals surface area contributed by atoms with Gasteiger partial charge in [-0.2, -0.15) is 5.90 Å². The van der Waals surface area contributed by atoms with Gasteiger partial charge >= 0.3 is 6.09 Å². The topological polar surface area (TPSA) is 55.6 Å². The molecule has 4 heteroatoms. The first-order valence-electron chi connectivity index (χ1n) is 6.03. The Hall–Kier alpha value is -2.33. The lowest BCUT2D eigenvalue weighted by atomic mass is 10.2. The van der Waals surface area contributed by atoms with Crippen molar-refractivity contribution in [1.82, 2.24) is 4.90 Å². The molecule has 0 bridgehead atoms. The zero-order valence-electron chi connectivity index (χ0n) is 10.5. The Morgan fingerprint density at radius 2 is 1.32 bits per heavy atom. The molecule has 0 atom stereocenters. The molecule has 0 aliphatic rings. The van der Waals surface area contributed by atoms with Crippen LogP contribution in [0.25, 0.3) is 0 Å². The standard InChI is InChI=1S/C15H16N2O2/c16-19-15(18)17(11-13-7-3-1-4-8-13)12-14-9-5-2-6-10-14/h1-10H,11-12,16H2. The number of hydrogen-bond donors (Lipinski definition) is 1. The van der Waals surface area contributed by atoms with Gasteiger partial charge in [-0.05, 0) is 11.1 Å². The van der Waals surface area contributed by atoms with Gasteiger partial charge in [0.15, 0.2) is 0 Å². The molecular weight excluding hydrogens is 240 g/mol. The van der Waals surface area contributed by atoms with Crippen LogP contribution in [0, 0.1) is 0 Å². The molecule has 2 aromatic rings. The molecule has 0 fully saturated rings. The molecule has 0 aliphatic carbocycles. The average Bonchev–Trinajstić information content (AvgIpc) is 2.48. The number of nitrogens with two attached hydrogens (primary N) is 1. The maximum atomic E-state index is 11.7. The Balaban J connectivity index is 2.10. The summed E-state index contributed by atoms with van der Waals surface area (Å²) in [5, 5.41) is 0. The third-order valence-electron chi connectivity index (χ3n) is 2.79. The van der Waals surface area contributed by atoms with Gasteiger partial charge in [0.05, 0.1) is 0 Å². The minimum Gasteiger partial charge on any atom is -0.357 e. The van der Waals surface area contributed by atoms with Gasteiger partial charge in [-0.3, -0.25) is 4.90 Å². The summed E-state index contributed by atoms with van der Waals surface area (Å²) < 4.78 is 0. The Kier molecular flexibility index (Phi) is 4.53. The molecule has 1 amide bonds. The minimum atomic E-state index is -0.535. The monoisotopic (exact) mass is 256 g/mol. The molecule has 0 unspecified atom stereocenters. The van der Waals surface area contributed by atoms with Crippen LogP contribution >= 0.6 is 0 Å². The largest absolute Gasteiger partial charge is 0.429 e. The summed E-state index contributed by atoms with van der Waals surface area (Å²) in [7, 11) is 0. The summed E-state index contributed by atoms with van der Waals surface area (Å²) in [6, 6.07) is 19.5. The van der Waals surface area contributed by atoms with Crippen LogP contribution in [-0.2, 0) is 17.9 Å². The molecule has 0 aromatic heterocycles. The third kappa shape index (κ3) is 3.82. The van der Waals surface area contributed by atoms with Crippen LogP contribution in [0.2, 0.25) is 0 Å². The zero-order chi connectivity index (χ0) is 13.5. The Morgan fingerprint density at radius 3 is 1.68 bits per heavy atom.